The Labute approximate surface area is 225 Å². The van der Waals surface area contributed by atoms with E-state index < -0.39 is 0 Å². The normalized spacial score (nSPS) is 11.1. The van der Waals surface area contributed by atoms with Gasteiger partial charge >= 0.3 is 6.08 Å². The Hall–Kier alpha value is -4.98. The first kappa shape index (κ1) is 24.4. The predicted molar refractivity (Wildman–Crippen MR) is 149 cm³/mol. The lowest BCUT2D eigenvalue weighted by molar-refractivity contribution is 0.309. The maximum atomic E-state index is 6.11. The minimum Gasteiger partial charge on any atom is -0.497 e. The molecule has 0 bridgehead atoms. The van der Waals surface area contributed by atoms with Gasteiger partial charge in [-0.3, -0.25) is 0 Å². The van der Waals surface area contributed by atoms with Crippen molar-refractivity contribution < 1.29 is 23.0 Å². The van der Waals surface area contributed by atoms with Gasteiger partial charge in [-0.05, 0) is 72.6 Å². The third-order valence-electron chi connectivity index (χ3n) is 6.20. The first-order chi connectivity index (χ1) is 19.2. The smallest absolute Gasteiger partial charge is 0.400 e. The molecule has 39 heavy (non-hydrogen) atoms. The molecule has 0 saturated carbocycles. The molecule has 4 aromatic carbocycles. The number of benzene rings is 4. The number of methoxy groups -OCH3 is 1. The van der Waals surface area contributed by atoms with Crippen molar-refractivity contribution >= 4 is 28.2 Å². The van der Waals surface area contributed by atoms with Gasteiger partial charge in [0.25, 0.3) is 6.01 Å². The molecule has 0 aliphatic rings. The van der Waals surface area contributed by atoms with Crippen LogP contribution in [0.25, 0.3) is 22.2 Å². The number of oxazole rings is 2. The van der Waals surface area contributed by atoms with Crippen molar-refractivity contribution in [2.24, 2.45) is 0 Å². The van der Waals surface area contributed by atoms with Crippen molar-refractivity contribution in [3.05, 3.63) is 103 Å². The molecule has 0 unspecified atom stereocenters. The molecule has 0 fully saturated rings. The highest BCUT2D eigenvalue weighted by Gasteiger charge is 2.16. The number of para-hydroxylation sites is 4. The molecule has 6 rings (SSSR count). The Morgan fingerprint density at radius 1 is 0.718 bits per heavy atom. The molecule has 0 saturated heterocycles. The van der Waals surface area contributed by atoms with Crippen LogP contribution in [0.4, 0.5) is 6.01 Å². The lowest BCUT2D eigenvalue weighted by atomic mass is 10.2. The van der Waals surface area contributed by atoms with Gasteiger partial charge in [-0.25, -0.2) is 0 Å². The van der Waals surface area contributed by atoms with Crippen LogP contribution in [0, 0.1) is 0 Å². The molecule has 0 atom stereocenters. The van der Waals surface area contributed by atoms with Crippen LogP contribution in [-0.4, -0.2) is 30.2 Å². The number of fused-ring (bicyclic) bond motifs is 2. The monoisotopic (exact) mass is 521 g/mol. The van der Waals surface area contributed by atoms with Crippen molar-refractivity contribution in [3.8, 4) is 23.3 Å². The van der Waals surface area contributed by atoms with Crippen LogP contribution >= 0.6 is 0 Å². The molecule has 0 spiro atoms. The zero-order chi connectivity index (χ0) is 26.4. The molecule has 2 aromatic heterocycles. The van der Waals surface area contributed by atoms with Crippen LogP contribution in [0.1, 0.15) is 12.0 Å². The van der Waals surface area contributed by atoms with Crippen LogP contribution in [0.5, 0.6) is 23.3 Å². The molecular formula is C31H27N3O5. The molecule has 0 aliphatic carbocycles. The second kappa shape index (κ2) is 11.2. The average molecular weight is 522 g/mol. The molecule has 0 N–H and O–H groups in total. The third kappa shape index (κ3) is 5.80. The summed E-state index contributed by atoms with van der Waals surface area (Å²) in [7, 11) is 1.65. The van der Waals surface area contributed by atoms with Crippen molar-refractivity contribution in [3.63, 3.8) is 0 Å². The van der Waals surface area contributed by atoms with Gasteiger partial charge < -0.3 is 27.9 Å². The number of hydrogen-bond donors (Lipinski definition) is 0. The second-order valence-corrected chi connectivity index (χ2v) is 8.96. The maximum Gasteiger partial charge on any atom is 0.400 e. The molecule has 196 valence electrons. The standard InChI is InChI=1S/C31H27N3O5/c1-35-23-14-16-24(17-15-23)36-19-7-18-34(30-32-26-10-2-4-12-28(26)38-30)21-22-8-6-9-25(20-22)37-31-33-27-11-3-5-13-29(27)39-31/h2-6,8-17,20H,7,18-19,21H2,1H3. The number of ether oxygens (including phenoxy) is 3. The largest absolute Gasteiger partial charge is 0.497 e. The maximum absolute atomic E-state index is 6.11. The van der Waals surface area contributed by atoms with E-state index in [-0.39, 0.29) is 6.08 Å². The summed E-state index contributed by atoms with van der Waals surface area (Å²) in [6.07, 6.45) is 0.976. The van der Waals surface area contributed by atoms with E-state index in [0.29, 0.717) is 37.0 Å². The summed E-state index contributed by atoms with van der Waals surface area (Å²) in [5.74, 6) is 2.24. The van der Waals surface area contributed by atoms with Gasteiger partial charge in [0.1, 0.15) is 28.3 Å². The summed E-state index contributed by atoms with van der Waals surface area (Å²) >= 11 is 0. The Bertz CT molecular complexity index is 1610. The summed E-state index contributed by atoms with van der Waals surface area (Å²) < 4.78 is 28.9. The fourth-order valence-electron chi connectivity index (χ4n) is 4.28. The fourth-order valence-corrected chi connectivity index (χ4v) is 4.28. The van der Waals surface area contributed by atoms with Crippen LogP contribution in [0.2, 0.25) is 0 Å². The molecule has 0 radical (unpaired) electrons. The van der Waals surface area contributed by atoms with Gasteiger partial charge in [-0.1, -0.05) is 36.4 Å². The Balaban J connectivity index is 1.16. The third-order valence-corrected chi connectivity index (χ3v) is 6.20. The Kier molecular flexibility index (Phi) is 6.99. The average Bonchev–Trinajstić information content (AvgIpc) is 3.59. The van der Waals surface area contributed by atoms with Crippen molar-refractivity contribution in [2.45, 2.75) is 13.0 Å². The molecule has 6 aromatic rings. The molecule has 8 heteroatoms. The van der Waals surface area contributed by atoms with E-state index in [4.69, 9.17) is 28.0 Å². The number of aromatic nitrogens is 2. The van der Waals surface area contributed by atoms with E-state index in [9.17, 15) is 0 Å². The SMILES string of the molecule is COc1ccc(OCCCN(Cc2cccc(Oc3nc4ccccc4o3)c2)c2nc3ccccc3o2)cc1. The summed E-state index contributed by atoms with van der Waals surface area (Å²) in [5.41, 5.74) is 4.03. The van der Waals surface area contributed by atoms with Gasteiger partial charge in [-0.15, -0.1) is 0 Å². The van der Waals surface area contributed by atoms with E-state index in [1.165, 1.54) is 0 Å². The molecular weight excluding hydrogens is 494 g/mol. The van der Waals surface area contributed by atoms with Crippen LogP contribution in [0.3, 0.4) is 0 Å². The van der Waals surface area contributed by atoms with Gasteiger partial charge in [0.05, 0.1) is 13.7 Å². The van der Waals surface area contributed by atoms with E-state index >= 15 is 0 Å². The van der Waals surface area contributed by atoms with Crippen LogP contribution in [-0.2, 0) is 6.54 Å². The zero-order valence-electron chi connectivity index (χ0n) is 21.4. The number of anilines is 1. The topological polar surface area (TPSA) is 83.0 Å². The zero-order valence-corrected chi connectivity index (χ0v) is 21.4. The lowest BCUT2D eigenvalue weighted by Gasteiger charge is -2.21. The van der Waals surface area contributed by atoms with E-state index in [2.05, 4.69) is 9.88 Å². The highest BCUT2D eigenvalue weighted by Crippen LogP contribution is 2.28. The second-order valence-electron chi connectivity index (χ2n) is 8.96. The van der Waals surface area contributed by atoms with Gasteiger partial charge in [-0.2, -0.15) is 9.97 Å². The number of rotatable bonds is 11. The van der Waals surface area contributed by atoms with Gasteiger partial charge in [0, 0.05) is 13.1 Å². The minimum absolute atomic E-state index is 0.208. The Morgan fingerprint density at radius 3 is 2.18 bits per heavy atom. The summed E-state index contributed by atoms with van der Waals surface area (Å²) in [4.78, 5) is 11.2. The van der Waals surface area contributed by atoms with Crippen LogP contribution in [0.15, 0.2) is 106 Å². The van der Waals surface area contributed by atoms with Gasteiger partial charge in [0.2, 0.25) is 0 Å². The Morgan fingerprint density at radius 2 is 1.44 bits per heavy atom. The summed E-state index contributed by atoms with van der Waals surface area (Å²) in [6, 6.07) is 31.3. The highest BCUT2D eigenvalue weighted by molar-refractivity contribution is 5.74. The van der Waals surface area contributed by atoms with E-state index in [0.717, 1.165) is 40.1 Å². The quantitative estimate of drug-likeness (QED) is 0.165. The first-order valence-corrected chi connectivity index (χ1v) is 12.7. The first-order valence-electron chi connectivity index (χ1n) is 12.7. The molecule has 8 nitrogen and oxygen atoms in total. The van der Waals surface area contributed by atoms with Crippen LogP contribution < -0.4 is 19.1 Å². The van der Waals surface area contributed by atoms with E-state index in [1.807, 2.05) is 97.1 Å². The summed E-state index contributed by atoms with van der Waals surface area (Å²) in [5, 5.41) is 0. The molecule has 0 aliphatic heterocycles. The summed E-state index contributed by atoms with van der Waals surface area (Å²) in [6.45, 7) is 1.79. The highest BCUT2D eigenvalue weighted by atomic mass is 16.6. The number of nitrogens with zero attached hydrogens (tertiary/aromatic N) is 3. The minimum atomic E-state index is 0.208. The fraction of sp³-hybridized carbons (Fsp3) is 0.161. The molecule has 0 amide bonds. The molecule has 2 heterocycles. The lowest BCUT2D eigenvalue weighted by Crippen LogP contribution is -2.25. The van der Waals surface area contributed by atoms with Crippen molar-refractivity contribution in [1.82, 2.24) is 9.97 Å². The number of hydrogen-bond acceptors (Lipinski definition) is 8. The van der Waals surface area contributed by atoms with Crippen molar-refractivity contribution in [1.29, 1.82) is 0 Å². The van der Waals surface area contributed by atoms with E-state index in [1.54, 1.807) is 7.11 Å². The van der Waals surface area contributed by atoms with Crippen molar-refractivity contribution in [2.75, 3.05) is 25.2 Å². The van der Waals surface area contributed by atoms with Gasteiger partial charge in [0.15, 0.2) is 11.2 Å². The predicted octanol–water partition coefficient (Wildman–Crippen LogP) is 7.25.